The monoisotopic (exact) mass is 491 g/mol. The summed E-state index contributed by atoms with van der Waals surface area (Å²) in [4.78, 5) is 46.1. The van der Waals surface area contributed by atoms with Gasteiger partial charge in [-0.15, -0.1) is 0 Å². The van der Waals surface area contributed by atoms with Crippen molar-refractivity contribution >= 4 is 23.8 Å². The zero-order valence-corrected chi connectivity index (χ0v) is 21.2. The summed E-state index contributed by atoms with van der Waals surface area (Å²) in [5, 5.41) is 7.14. The number of aryl methyl sites for hydroxylation is 2. The number of H-pyrrole nitrogens is 1. The maximum absolute atomic E-state index is 12.8. The molecule has 1 unspecified atom stereocenters. The maximum atomic E-state index is 12.8. The lowest BCUT2D eigenvalue weighted by Gasteiger charge is -2.40. The fourth-order valence-electron chi connectivity index (χ4n) is 4.26. The second kappa shape index (κ2) is 10.8. The van der Waals surface area contributed by atoms with Crippen molar-refractivity contribution in [1.29, 1.82) is 0 Å². The van der Waals surface area contributed by atoms with Crippen LogP contribution in [0.3, 0.4) is 0 Å². The van der Waals surface area contributed by atoms with E-state index in [9.17, 15) is 14.4 Å². The third kappa shape index (κ3) is 5.81. The molecule has 1 aliphatic heterocycles. The molecule has 2 fully saturated rings. The first kappa shape index (κ1) is 25.2. The van der Waals surface area contributed by atoms with Crippen LogP contribution in [-0.2, 0) is 11.8 Å². The van der Waals surface area contributed by atoms with Crippen LogP contribution in [0.1, 0.15) is 35.7 Å². The number of piperazine rings is 1. The minimum Gasteiger partial charge on any atom is -0.373 e. The highest BCUT2D eigenvalue weighted by molar-refractivity contribution is 5.94. The van der Waals surface area contributed by atoms with Gasteiger partial charge in [0.25, 0.3) is 5.91 Å². The van der Waals surface area contributed by atoms with Gasteiger partial charge in [0.05, 0.1) is 11.8 Å². The quantitative estimate of drug-likeness (QED) is 0.527. The predicted molar refractivity (Wildman–Crippen MR) is 139 cm³/mol. The summed E-state index contributed by atoms with van der Waals surface area (Å²) < 4.78 is 1.63. The first-order valence-electron chi connectivity index (χ1n) is 12.2. The Labute approximate surface area is 210 Å². The lowest BCUT2D eigenvalue weighted by molar-refractivity contribution is -0.108. The molecule has 0 bridgehead atoms. The van der Waals surface area contributed by atoms with Gasteiger partial charge in [-0.2, -0.15) is 5.10 Å². The zero-order chi connectivity index (χ0) is 25.8. The molecule has 2 aliphatic rings. The minimum absolute atomic E-state index is 0.0196. The summed E-state index contributed by atoms with van der Waals surface area (Å²) in [6.07, 6.45) is 8.44. The number of hydrogen-bond donors (Lipinski definition) is 2. The van der Waals surface area contributed by atoms with E-state index in [0.29, 0.717) is 31.1 Å². The molecule has 0 radical (unpaired) electrons. The van der Waals surface area contributed by atoms with Gasteiger partial charge in [-0.05, 0) is 55.5 Å². The number of carbonyl (C=O) groups excluding carboxylic acids is 2. The van der Waals surface area contributed by atoms with Gasteiger partial charge in [-0.25, -0.2) is 4.98 Å². The number of hydrogen-bond acceptors (Lipinski definition) is 7. The van der Waals surface area contributed by atoms with Gasteiger partial charge in [0.15, 0.2) is 0 Å². The normalized spacial score (nSPS) is 17.3. The summed E-state index contributed by atoms with van der Waals surface area (Å²) in [6.45, 7) is 5.81. The van der Waals surface area contributed by atoms with Crippen molar-refractivity contribution in [3.05, 3.63) is 58.3 Å². The van der Waals surface area contributed by atoms with Crippen LogP contribution in [0.5, 0.6) is 0 Å². The van der Waals surface area contributed by atoms with E-state index in [0.717, 1.165) is 47.5 Å². The van der Waals surface area contributed by atoms with Gasteiger partial charge in [0.2, 0.25) is 5.56 Å². The number of nitrogens with zero attached hydrogens (tertiary/aromatic N) is 5. The van der Waals surface area contributed by atoms with Crippen molar-refractivity contribution in [2.24, 2.45) is 13.0 Å². The number of rotatable bonds is 5. The Bertz CT molecular complexity index is 1290. The van der Waals surface area contributed by atoms with Crippen molar-refractivity contribution in [2.75, 3.05) is 36.9 Å². The molecule has 36 heavy (non-hydrogen) atoms. The van der Waals surface area contributed by atoms with Crippen LogP contribution in [0.2, 0.25) is 0 Å². The molecule has 1 amide bonds. The van der Waals surface area contributed by atoms with Crippen molar-refractivity contribution < 1.29 is 9.59 Å². The van der Waals surface area contributed by atoms with Crippen LogP contribution in [0, 0.1) is 12.8 Å². The Hall–Kier alpha value is -3.95. The Balaban J connectivity index is 0.000000543. The van der Waals surface area contributed by atoms with Crippen molar-refractivity contribution in [1.82, 2.24) is 24.6 Å². The fraction of sp³-hybridized carbons (Fsp3) is 0.423. The van der Waals surface area contributed by atoms with Crippen LogP contribution >= 0.6 is 0 Å². The molecule has 3 aromatic heterocycles. The molecular formula is C26H33N7O3. The van der Waals surface area contributed by atoms with Crippen LogP contribution in [0.25, 0.3) is 11.1 Å². The Kier molecular flexibility index (Phi) is 7.52. The highest BCUT2D eigenvalue weighted by atomic mass is 16.2. The zero-order valence-electron chi connectivity index (χ0n) is 21.2. The van der Waals surface area contributed by atoms with E-state index in [1.54, 1.807) is 36.4 Å². The number of pyridine rings is 2. The van der Waals surface area contributed by atoms with Crippen LogP contribution < -0.4 is 15.8 Å². The lowest BCUT2D eigenvalue weighted by Crippen LogP contribution is -2.54. The van der Waals surface area contributed by atoms with E-state index in [-0.39, 0.29) is 17.5 Å². The number of carbonyl (C=O) groups is 2. The first-order valence-corrected chi connectivity index (χ1v) is 12.2. The number of aldehydes is 1. The Morgan fingerprint density at radius 3 is 2.56 bits per heavy atom. The molecule has 0 aromatic carbocycles. The summed E-state index contributed by atoms with van der Waals surface area (Å²) in [5.74, 6) is 1.94. The summed E-state index contributed by atoms with van der Waals surface area (Å²) in [6, 6.07) is 5.60. The molecule has 1 aliphatic carbocycles. The van der Waals surface area contributed by atoms with Gasteiger partial charge in [-0.3, -0.25) is 14.3 Å². The highest BCUT2D eigenvalue weighted by Crippen LogP contribution is 2.28. The largest absolute Gasteiger partial charge is 0.373 e. The molecule has 1 saturated carbocycles. The molecule has 190 valence electrons. The molecule has 10 heteroatoms. The first-order chi connectivity index (χ1) is 17.3. The van der Waals surface area contributed by atoms with Gasteiger partial charge in [0, 0.05) is 64.1 Å². The Morgan fingerprint density at radius 1 is 1.19 bits per heavy atom. The standard InChI is InChI=1S/C22H27N7O2.C4H6O/c1-14-10-24-19(23-3)9-18(14)16-7-20(26-21(30)8-16)29-6-5-28(12-15(29)2)22(31)17-11-25-27(4)13-17;5-3-4-1-2-4/h7-11,13,15H,5-6,12H2,1-4H3,(H,23,24)(H,26,30);3-4H,1-2H2. The second-order valence-electron chi connectivity index (χ2n) is 9.42. The smallest absolute Gasteiger partial charge is 0.257 e. The average Bonchev–Trinajstić information content (AvgIpc) is 3.62. The molecule has 5 rings (SSSR count). The van der Waals surface area contributed by atoms with Gasteiger partial charge in [-0.1, -0.05) is 0 Å². The molecule has 4 heterocycles. The van der Waals surface area contributed by atoms with E-state index in [4.69, 9.17) is 0 Å². The van der Waals surface area contributed by atoms with Crippen molar-refractivity contribution in [2.45, 2.75) is 32.7 Å². The van der Waals surface area contributed by atoms with Crippen molar-refractivity contribution in [3.8, 4) is 11.1 Å². The van der Waals surface area contributed by atoms with E-state index in [1.165, 1.54) is 0 Å². The van der Waals surface area contributed by atoms with Crippen LogP contribution in [0.4, 0.5) is 11.6 Å². The van der Waals surface area contributed by atoms with Crippen LogP contribution in [0.15, 0.2) is 41.6 Å². The summed E-state index contributed by atoms with van der Waals surface area (Å²) in [7, 11) is 3.61. The predicted octanol–water partition coefficient (Wildman–Crippen LogP) is 2.47. The highest BCUT2D eigenvalue weighted by Gasteiger charge is 2.29. The average molecular weight is 492 g/mol. The molecule has 0 spiro atoms. The summed E-state index contributed by atoms with van der Waals surface area (Å²) >= 11 is 0. The third-order valence-electron chi connectivity index (χ3n) is 6.49. The van der Waals surface area contributed by atoms with E-state index >= 15 is 0 Å². The van der Waals surface area contributed by atoms with E-state index in [2.05, 4.69) is 32.2 Å². The number of anilines is 2. The molecule has 1 saturated heterocycles. The topological polar surface area (TPSA) is 116 Å². The molecular weight excluding hydrogens is 458 g/mol. The number of nitrogens with one attached hydrogen (secondary N) is 2. The summed E-state index contributed by atoms with van der Waals surface area (Å²) in [5.41, 5.74) is 3.24. The van der Waals surface area contributed by atoms with Crippen LogP contribution in [-0.4, -0.2) is 69.6 Å². The van der Waals surface area contributed by atoms with Crippen molar-refractivity contribution in [3.63, 3.8) is 0 Å². The molecule has 1 atom stereocenters. The van der Waals surface area contributed by atoms with Gasteiger partial charge >= 0.3 is 0 Å². The number of aromatic amines is 1. The second-order valence-corrected chi connectivity index (χ2v) is 9.42. The molecule has 3 aromatic rings. The van der Waals surface area contributed by atoms with Gasteiger partial charge < -0.3 is 24.9 Å². The minimum atomic E-state index is -0.157. The van der Waals surface area contributed by atoms with Gasteiger partial charge in [0.1, 0.15) is 17.9 Å². The maximum Gasteiger partial charge on any atom is 0.257 e. The van der Waals surface area contributed by atoms with E-state index < -0.39 is 0 Å². The molecule has 10 nitrogen and oxygen atoms in total. The third-order valence-corrected chi connectivity index (χ3v) is 6.49. The fourth-order valence-corrected chi connectivity index (χ4v) is 4.26. The lowest BCUT2D eigenvalue weighted by atomic mass is 10.0. The van der Waals surface area contributed by atoms with E-state index in [1.807, 2.05) is 31.0 Å². The molecule has 2 N–H and O–H groups in total. The Morgan fingerprint density at radius 2 is 1.97 bits per heavy atom. The SMILES string of the molecule is CNc1cc(-c2cc(N3CCN(C(=O)c4cnn(C)c4)CC3C)[nH]c(=O)c2)c(C)cn1.O=CC1CC1. The number of amides is 1. The number of aromatic nitrogens is 4.